The summed E-state index contributed by atoms with van der Waals surface area (Å²) in [5.41, 5.74) is 8.05. The molecule has 1 heterocycles. The molecule has 0 amide bonds. The SMILES string of the molecule is Nc1ccc(Cl)cc1CC1CCSCC1. The third-order valence-corrected chi connectivity index (χ3v) is 4.24. The fourth-order valence-corrected chi connectivity index (χ4v) is 3.41. The number of thioether (sulfide) groups is 1. The maximum absolute atomic E-state index is 5.97. The molecule has 0 aliphatic carbocycles. The molecule has 1 nitrogen and oxygen atoms in total. The molecule has 2 N–H and O–H groups in total. The lowest BCUT2D eigenvalue weighted by Crippen LogP contribution is -2.13. The molecule has 0 aromatic heterocycles. The van der Waals surface area contributed by atoms with Crippen molar-refractivity contribution in [2.24, 2.45) is 5.92 Å². The molecule has 1 aromatic carbocycles. The molecule has 1 fully saturated rings. The second-order valence-electron chi connectivity index (χ2n) is 4.10. The minimum absolute atomic E-state index is 0.796. The first-order chi connectivity index (χ1) is 7.25. The second kappa shape index (κ2) is 5.13. The van der Waals surface area contributed by atoms with Gasteiger partial charge in [0.15, 0.2) is 0 Å². The van der Waals surface area contributed by atoms with Crippen LogP contribution in [0.5, 0.6) is 0 Å². The van der Waals surface area contributed by atoms with Gasteiger partial charge in [0.1, 0.15) is 0 Å². The molecule has 82 valence electrons. The van der Waals surface area contributed by atoms with Crippen molar-refractivity contribution in [1.29, 1.82) is 0 Å². The van der Waals surface area contributed by atoms with Crippen molar-refractivity contribution in [2.75, 3.05) is 17.2 Å². The highest BCUT2D eigenvalue weighted by molar-refractivity contribution is 7.99. The fraction of sp³-hybridized carbons (Fsp3) is 0.500. The van der Waals surface area contributed by atoms with Crippen LogP contribution < -0.4 is 5.73 Å². The van der Waals surface area contributed by atoms with Crippen LogP contribution in [-0.4, -0.2) is 11.5 Å². The first-order valence-electron chi connectivity index (χ1n) is 5.37. The molecular formula is C12H16ClNS. The molecule has 1 aliphatic rings. The van der Waals surface area contributed by atoms with Crippen molar-refractivity contribution in [2.45, 2.75) is 19.3 Å². The quantitative estimate of drug-likeness (QED) is 0.801. The van der Waals surface area contributed by atoms with Gasteiger partial charge in [0, 0.05) is 10.7 Å². The lowest BCUT2D eigenvalue weighted by atomic mass is 9.93. The summed E-state index contributed by atoms with van der Waals surface area (Å²) < 4.78 is 0. The number of nitrogen functional groups attached to an aromatic ring is 1. The first kappa shape index (κ1) is 11.2. The van der Waals surface area contributed by atoms with Gasteiger partial charge in [-0.05, 0) is 60.4 Å². The van der Waals surface area contributed by atoms with Gasteiger partial charge in [-0.15, -0.1) is 0 Å². The zero-order valence-electron chi connectivity index (χ0n) is 8.71. The zero-order chi connectivity index (χ0) is 10.7. The van der Waals surface area contributed by atoms with E-state index < -0.39 is 0 Å². The van der Waals surface area contributed by atoms with Crippen molar-refractivity contribution in [3.63, 3.8) is 0 Å². The molecule has 0 radical (unpaired) electrons. The van der Waals surface area contributed by atoms with Crippen LogP contribution in [0, 0.1) is 5.92 Å². The number of anilines is 1. The summed E-state index contributed by atoms with van der Waals surface area (Å²) in [5, 5.41) is 0.796. The van der Waals surface area contributed by atoms with E-state index in [1.54, 1.807) is 0 Å². The average molecular weight is 242 g/mol. The Morgan fingerprint density at radius 1 is 1.33 bits per heavy atom. The smallest absolute Gasteiger partial charge is 0.0410 e. The van der Waals surface area contributed by atoms with E-state index in [4.69, 9.17) is 17.3 Å². The average Bonchev–Trinajstić information content (AvgIpc) is 2.25. The Bertz CT molecular complexity index is 334. The van der Waals surface area contributed by atoms with Gasteiger partial charge in [-0.3, -0.25) is 0 Å². The third kappa shape index (κ3) is 3.05. The number of halogens is 1. The van der Waals surface area contributed by atoms with E-state index >= 15 is 0 Å². The topological polar surface area (TPSA) is 26.0 Å². The molecule has 0 spiro atoms. The monoisotopic (exact) mass is 241 g/mol. The van der Waals surface area contributed by atoms with Crippen LogP contribution in [0.4, 0.5) is 5.69 Å². The highest BCUT2D eigenvalue weighted by Crippen LogP contribution is 2.28. The Morgan fingerprint density at radius 2 is 2.07 bits per heavy atom. The van der Waals surface area contributed by atoms with Gasteiger partial charge in [0.05, 0.1) is 0 Å². The molecule has 3 heteroatoms. The lowest BCUT2D eigenvalue weighted by molar-refractivity contribution is 0.488. The van der Waals surface area contributed by atoms with Crippen molar-refractivity contribution >= 4 is 29.1 Å². The van der Waals surface area contributed by atoms with Crippen LogP contribution in [0.2, 0.25) is 5.02 Å². The highest BCUT2D eigenvalue weighted by Gasteiger charge is 2.15. The third-order valence-electron chi connectivity index (χ3n) is 2.95. The number of hydrogen-bond acceptors (Lipinski definition) is 2. The van der Waals surface area contributed by atoms with Gasteiger partial charge < -0.3 is 5.73 Å². The van der Waals surface area contributed by atoms with Crippen molar-refractivity contribution in [1.82, 2.24) is 0 Å². The molecule has 0 atom stereocenters. The molecule has 1 aliphatic heterocycles. The summed E-state index contributed by atoms with van der Waals surface area (Å²) in [6.45, 7) is 0. The van der Waals surface area contributed by atoms with Gasteiger partial charge >= 0.3 is 0 Å². The van der Waals surface area contributed by atoms with Crippen LogP contribution in [-0.2, 0) is 6.42 Å². The van der Waals surface area contributed by atoms with Crippen molar-refractivity contribution < 1.29 is 0 Å². The van der Waals surface area contributed by atoms with Crippen molar-refractivity contribution in [3.8, 4) is 0 Å². The molecule has 2 rings (SSSR count). The van der Waals surface area contributed by atoms with Gasteiger partial charge in [-0.1, -0.05) is 11.6 Å². The standard InChI is InChI=1S/C12H16ClNS/c13-11-1-2-12(14)10(8-11)7-9-3-5-15-6-4-9/h1-2,8-9H,3-7,14H2. The van der Waals surface area contributed by atoms with Crippen LogP contribution in [0.3, 0.4) is 0 Å². The molecule has 15 heavy (non-hydrogen) atoms. The summed E-state index contributed by atoms with van der Waals surface area (Å²) >= 11 is 8.03. The highest BCUT2D eigenvalue weighted by atomic mass is 35.5. The van der Waals surface area contributed by atoms with Crippen LogP contribution in [0.25, 0.3) is 0 Å². The van der Waals surface area contributed by atoms with Gasteiger partial charge in [0.25, 0.3) is 0 Å². The minimum Gasteiger partial charge on any atom is -0.399 e. The maximum Gasteiger partial charge on any atom is 0.0410 e. The fourth-order valence-electron chi connectivity index (χ4n) is 2.01. The van der Waals surface area contributed by atoms with E-state index in [-0.39, 0.29) is 0 Å². The van der Waals surface area contributed by atoms with Crippen molar-refractivity contribution in [3.05, 3.63) is 28.8 Å². The first-order valence-corrected chi connectivity index (χ1v) is 6.90. The van der Waals surface area contributed by atoms with Gasteiger partial charge in [-0.2, -0.15) is 11.8 Å². The van der Waals surface area contributed by atoms with E-state index in [1.807, 2.05) is 18.2 Å². The van der Waals surface area contributed by atoms with E-state index in [1.165, 1.54) is 29.9 Å². The number of benzene rings is 1. The van der Waals surface area contributed by atoms with Crippen LogP contribution >= 0.6 is 23.4 Å². The number of hydrogen-bond donors (Lipinski definition) is 1. The van der Waals surface area contributed by atoms with Gasteiger partial charge in [-0.25, -0.2) is 0 Å². The maximum atomic E-state index is 5.97. The van der Waals surface area contributed by atoms with Crippen LogP contribution in [0.1, 0.15) is 18.4 Å². The van der Waals surface area contributed by atoms with E-state index in [9.17, 15) is 0 Å². The molecule has 0 saturated carbocycles. The Balaban J connectivity index is 2.05. The van der Waals surface area contributed by atoms with E-state index in [0.29, 0.717) is 0 Å². The minimum atomic E-state index is 0.796. The summed E-state index contributed by atoms with van der Waals surface area (Å²) in [7, 11) is 0. The molecule has 0 bridgehead atoms. The van der Waals surface area contributed by atoms with E-state index in [2.05, 4.69) is 11.8 Å². The Hall–Kier alpha value is -0.340. The lowest BCUT2D eigenvalue weighted by Gasteiger charge is -2.21. The normalized spacial score (nSPS) is 17.9. The van der Waals surface area contributed by atoms with Crippen LogP contribution in [0.15, 0.2) is 18.2 Å². The predicted octanol–water partition coefficient (Wildman–Crippen LogP) is 3.61. The zero-order valence-corrected chi connectivity index (χ0v) is 10.3. The molecule has 1 saturated heterocycles. The number of nitrogens with two attached hydrogens (primary N) is 1. The van der Waals surface area contributed by atoms with Gasteiger partial charge in [0.2, 0.25) is 0 Å². The molecule has 1 aromatic rings. The Kier molecular flexibility index (Phi) is 3.81. The summed E-state index contributed by atoms with van der Waals surface area (Å²) in [6, 6.07) is 5.78. The largest absolute Gasteiger partial charge is 0.399 e. The number of rotatable bonds is 2. The molecule has 0 unspecified atom stereocenters. The second-order valence-corrected chi connectivity index (χ2v) is 5.76. The Morgan fingerprint density at radius 3 is 2.80 bits per heavy atom. The van der Waals surface area contributed by atoms with E-state index in [0.717, 1.165) is 23.0 Å². The predicted molar refractivity (Wildman–Crippen MR) is 69.6 cm³/mol. The summed E-state index contributed by atoms with van der Waals surface area (Å²) in [4.78, 5) is 0. The summed E-state index contributed by atoms with van der Waals surface area (Å²) in [5.74, 6) is 3.39. The Labute approximate surface area is 100 Å². The molecular weight excluding hydrogens is 226 g/mol. The summed E-state index contributed by atoms with van der Waals surface area (Å²) in [6.07, 6.45) is 3.72.